The Bertz CT molecular complexity index is 573. The molecule has 18 heavy (non-hydrogen) atoms. The molecule has 7 heteroatoms. The van der Waals surface area contributed by atoms with Crippen LogP contribution >= 0.6 is 11.3 Å². The number of nitrogens with two attached hydrogens (primary N) is 1. The van der Waals surface area contributed by atoms with E-state index in [4.69, 9.17) is 10.5 Å². The molecule has 1 heterocycles. The first-order valence-corrected chi connectivity index (χ1v) is 5.96. The number of ether oxygens (including phenoxy) is 1. The first-order chi connectivity index (χ1) is 8.11. The van der Waals surface area contributed by atoms with E-state index in [-0.39, 0.29) is 35.3 Å². The molecule has 2 rings (SSSR count). The standard InChI is InChI=1S/C11H11FN2O2S.BrH/c1-2-16-10(15)6-14-8-4-3-7(12)5-9(8)17-11(14)13;/h3-5,13H,2,6H2,1H3;1H. The molecule has 98 valence electrons. The smallest absolute Gasteiger partial charge is 0.348 e. The number of anilines is 1. The van der Waals surface area contributed by atoms with E-state index in [0.29, 0.717) is 16.4 Å². The van der Waals surface area contributed by atoms with E-state index < -0.39 is 0 Å². The molecule has 0 saturated heterocycles. The lowest BCUT2D eigenvalue weighted by Gasteiger charge is -2.00. The summed E-state index contributed by atoms with van der Waals surface area (Å²) in [6, 6.07) is 4.35. The molecule has 0 aliphatic carbocycles. The van der Waals surface area contributed by atoms with Gasteiger partial charge in [0.25, 0.3) is 0 Å². The molecule has 1 aromatic heterocycles. The third kappa shape index (κ3) is 2.97. The minimum atomic E-state index is -0.353. The van der Waals surface area contributed by atoms with Gasteiger partial charge in [0.1, 0.15) is 11.3 Å². The van der Waals surface area contributed by atoms with Gasteiger partial charge in [-0.05, 0) is 36.5 Å². The Kier molecular flexibility index (Phi) is 5.03. The Morgan fingerprint density at radius 3 is 2.94 bits per heavy atom. The Morgan fingerprint density at radius 1 is 1.56 bits per heavy atom. The Labute approximate surface area is 118 Å². The maximum Gasteiger partial charge on any atom is 0.348 e. The second-order valence-corrected chi connectivity index (χ2v) is 4.51. The molecule has 0 spiro atoms. The molecule has 0 atom stereocenters. The van der Waals surface area contributed by atoms with Crippen LogP contribution in [0.1, 0.15) is 6.92 Å². The van der Waals surface area contributed by atoms with Crippen LogP contribution in [-0.4, -0.2) is 12.6 Å². The summed E-state index contributed by atoms with van der Waals surface area (Å²) in [5, 5.41) is 0.457. The molecule has 0 amide bonds. The van der Waals surface area contributed by atoms with Crippen molar-refractivity contribution in [2.45, 2.75) is 13.5 Å². The van der Waals surface area contributed by atoms with Gasteiger partial charge in [-0.15, -0.1) is 0 Å². The fourth-order valence-corrected chi connectivity index (χ4v) is 2.53. The number of hydrogen-bond donors (Lipinski definition) is 1. The number of carbonyl (C=O) groups excluding carboxylic acids is 1. The summed E-state index contributed by atoms with van der Waals surface area (Å²) in [4.78, 5) is 11.4. The minimum absolute atomic E-state index is 0. The third-order valence-electron chi connectivity index (χ3n) is 2.29. The van der Waals surface area contributed by atoms with Crippen molar-refractivity contribution in [1.82, 2.24) is 0 Å². The van der Waals surface area contributed by atoms with Crippen molar-refractivity contribution >= 4 is 32.7 Å². The number of esters is 1. The first kappa shape index (κ1) is 14.8. The van der Waals surface area contributed by atoms with E-state index in [2.05, 4.69) is 0 Å². The van der Waals surface area contributed by atoms with Crippen LogP contribution in [0.15, 0.2) is 18.2 Å². The van der Waals surface area contributed by atoms with Gasteiger partial charge < -0.3 is 21.7 Å². The number of rotatable bonds is 3. The van der Waals surface area contributed by atoms with Gasteiger partial charge in [-0.2, -0.15) is 0 Å². The first-order valence-electron chi connectivity index (χ1n) is 5.14. The van der Waals surface area contributed by atoms with Gasteiger partial charge in [0.2, 0.25) is 0 Å². The van der Waals surface area contributed by atoms with Crippen molar-refractivity contribution in [3.05, 3.63) is 24.0 Å². The SMILES string of the molecule is CCOC(=O)C[n+]1c(N)sc2cc(F)ccc21.[Br-]. The van der Waals surface area contributed by atoms with Crippen LogP contribution in [-0.2, 0) is 16.1 Å². The summed E-state index contributed by atoms with van der Waals surface area (Å²) < 4.78 is 20.2. The van der Waals surface area contributed by atoms with Crippen LogP contribution < -0.4 is 27.3 Å². The van der Waals surface area contributed by atoms with Crippen LogP contribution in [0.2, 0.25) is 0 Å². The second-order valence-electron chi connectivity index (χ2n) is 3.44. The normalized spacial score (nSPS) is 10.1. The van der Waals surface area contributed by atoms with Crippen LogP contribution in [0.3, 0.4) is 0 Å². The maximum atomic E-state index is 13.0. The molecule has 0 aliphatic rings. The highest BCUT2D eigenvalue weighted by Gasteiger charge is 2.18. The van der Waals surface area contributed by atoms with E-state index >= 15 is 0 Å². The molecule has 0 radical (unpaired) electrons. The van der Waals surface area contributed by atoms with Gasteiger partial charge in [-0.3, -0.25) is 5.73 Å². The van der Waals surface area contributed by atoms with Crippen molar-refractivity contribution in [3.63, 3.8) is 0 Å². The van der Waals surface area contributed by atoms with Crippen LogP contribution in [0.4, 0.5) is 9.52 Å². The largest absolute Gasteiger partial charge is 1.00 e. The van der Waals surface area contributed by atoms with Crippen LogP contribution in [0.25, 0.3) is 10.2 Å². The molecular weight excluding hydrogens is 323 g/mol. The summed E-state index contributed by atoms with van der Waals surface area (Å²) in [7, 11) is 0. The summed E-state index contributed by atoms with van der Waals surface area (Å²) in [6.45, 7) is 2.12. The number of benzene rings is 1. The van der Waals surface area contributed by atoms with Crippen molar-refractivity contribution in [2.24, 2.45) is 0 Å². The summed E-state index contributed by atoms with van der Waals surface area (Å²) in [6.07, 6.45) is 0. The molecular formula is C11H12BrFN2O2S. The van der Waals surface area contributed by atoms with Gasteiger partial charge in [0.05, 0.1) is 11.3 Å². The van der Waals surface area contributed by atoms with E-state index in [9.17, 15) is 9.18 Å². The summed E-state index contributed by atoms with van der Waals surface area (Å²) in [5.74, 6) is -0.671. The average molecular weight is 335 g/mol. The van der Waals surface area contributed by atoms with Crippen LogP contribution in [0.5, 0.6) is 0 Å². The average Bonchev–Trinajstić information content (AvgIpc) is 2.55. The van der Waals surface area contributed by atoms with Gasteiger partial charge in [-0.25, -0.2) is 13.8 Å². The summed E-state index contributed by atoms with van der Waals surface area (Å²) >= 11 is 1.25. The molecule has 4 nitrogen and oxygen atoms in total. The zero-order valence-corrected chi connectivity index (χ0v) is 12.1. The Morgan fingerprint density at radius 2 is 2.28 bits per heavy atom. The highest BCUT2D eigenvalue weighted by Crippen LogP contribution is 2.22. The number of hydrogen-bond acceptors (Lipinski definition) is 4. The number of nitrogens with zero attached hydrogens (tertiary/aromatic N) is 1. The predicted octanol–water partition coefficient (Wildman–Crippen LogP) is -1.52. The van der Waals surface area contributed by atoms with Crippen molar-refractivity contribution in [2.75, 3.05) is 12.3 Å². The number of thiazole rings is 1. The van der Waals surface area contributed by atoms with Crippen molar-refractivity contribution in [3.8, 4) is 0 Å². The molecule has 2 aromatic rings. The van der Waals surface area contributed by atoms with E-state index in [1.807, 2.05) is 0 Å². The van der Waals surface area contributed by atoms with Gasteiger partial charge >= 0.3 is 11.1 Å². The van der Waals surface area contributed by atoms with E-state index in [0.717, 1.165) is 5.52 Å². The molecule has 2 N–H and O–H groups in total. The molecule has 0 fully saturated rings. The number of fused-ring (bicyclic) bond motifs is 1. The zero-order chi connectivity index (χ0) is 12.4. The number of nitrogen functional groups attached to an aromatic ring is 1. The fraction of sp³-hybridized carbons (Fsp3) is 0.273. The Balaban J connectivity index is 0.00000162. The van der Waals surface area contributed by atoms with E-state index in [1.165, 1.54) is 23.5 Å². The quantitative estimate of drug-likeness (QED) is 0.547. The third-order valence-corrected chi connectivity index (χ3v) is 3.26. The lowest BCUT2D eigenvalue weighted by atomic mass is 10.3. The van der Waals surface area contributed by atoms with Gasteiger partial charge in [0, 0.05) is 0 Å². The lowest BCUT2D eigenvalue weighted by Crippen LogP contribution is -3.00. The monoisotopic (exact) mass is 334 g/mol. The van der Waals surface area contributed by atoms with Crippen molar-refractivity contribution in [1.29, 1.82) is 0 Å². The molecule has 0 aliphatic heterocycles. The van der Waals surface area contributed by atoms with Crippen molar-refractivity contribution < 1.29 is 35.5 Å². The minimum Gasteiger partial charge on any atom is -1.00 e. The molecule has 0 saturated carbocycles. The number of aromatic nitrogens is 1. The summed E-state index contributed by atoms with van der Waals surface area (Å²) in [5.41, 5.74) is 6.54. The molecule has 0 unspecified atom stereocenters. The Hall–Kier alpha value is -1.21. The maximum absolute atomic E-state index is 13.0. The molecule has 1 aromatic carbocycles. The molecule has 0 bridgehead atoms. The number of carbonyl (C=O) groups is 1. The van der Waals surface area contributed by atoms with Gasteiger partial charge in [0.15, 0.2) is 6.54 Å². The predicted molar refractivity (Wildman–Crippen MR) is 63.0 cm³/mol. The number of halogens is 2. The highest BCUT2D eigenvalue weighted by atomic mass is 79.9. The highest BCUT2D eigenvalue weighted by molar-refractivity contribution is 7.21. The zero-order valence-electron chi connectivity index (χ0n) is 9.65. The topological polar surface area (TPSA) is 56.2 Å². The lowest BCUT2D eigenvalue weighted by molar-refractivity contribution is -0.641. The second kappa shape index (κ2) is 6.10. The van der Waals surface area contributed by atoms with E-state index in [1.54, 1.807) is 17.6 Å². The fourth-order valence-electron chi connectivity index (χ4n) is 1.58. The van der Waals surface area contributed by atoms with Crippen LogP contribution in [0, 0.1) is 5.82 Å². The van der Waals surface area contributed by atoms with Gasteiger partial charge in [-0.1, -0.05) is 0 Å².